The maximum absolute atomic E-state index is 4.64. The number of nitrogens with zero attached hydrogens (tertiary/aromatic N) is 3. The molecule has 0 spiro atoms. The third kappa shape index (κ3) is 2.67. The third-order valence-electron chi connectivity index (χ3n) is 2.84. The summed E-state index contributed by atoms with van der Waals surface area (Å²) in [5, 5.41) is 6.42. The molecule has 2 rings (SSSR count). The van der Waals surface area contributed by atoms with Gasteiger partial charge >= 0.3 is 0 Å². The van der Waals surface area contributed by atoms with Crippen LogP contribution >= 0.6 is 0 Å². The molecule has 1 atom stereocenters. The van der Waals surface area contributed by atoms with Crippen LogP contribution in [0, 0.1) is 0 Å². The topological polar surface area (TPSA) is 62.2 Å². The first-order chi connectivity index (χ1) is 8.52. The minimum absolute atomic E-state index is 0.00461. The average molecular weight is 247 g/mol. The Bertz CT molecular complexity index is 447. The number of hydrogen-bond donors (Lipinski definition) is 2. The van der Waals surface area contributed by atoms with Gasteiger partial charge in [0.05, 0.1) is 12.0 Å². The van der Waals surface area contributed by atoms with E-state index in [0.29, 0.717) is 0 Å². The Morgan fingerprint density at radius 1 is 1.39 bits per heavy atom. The van der Waals surface area contributed by atoms with Gasteiger partial charge in [-0.2, -0.15) is 0 Å². The molecule has 0 amide bonds. The summed E-state index contributed by atoms with van der Waals surface area (Å²) in [4.78, 5) is 13.5. The van der Waals surface area contributed by atoms with Crippen LogP contribution in [-0.2, 0) is 5.41 Å². The quantitative estimate of drug-likeness (QED) is 0.859. The first-order valence-electron chi connectivity index (χ1n) is 6.41. The van der Waals surface area contributed by atoms with Crippen molar-refractivity contribution in [3.8, 4) is 0 Å². The highest BCUT2D eigenvalue weighted by Gasteiger charge is 2.23. The lowest BCUT2D eigenvalue weighted by molar-refractivity contribution is 0.528. The van der Waals surface area contributed by atoms with Crippen LogP contribution in [0.3, 0.4) is 0 Å². The molecule has 0 radical (unpaired) electrons. The van der Waals surface area contributed by atoms with Gasteiger partial charge < -0.3 is 5.32 Å². The maximum atomic E-state index is 4.64. The van der Waals surface area contributed by atoms with E-state index in [2.05, 4.69) is 53.3 Å². The van der Waals surface area contributed by atoms with Crippen molar-refractivity contribution < 1.29 is 0 Å². The van der Waals surface area contributed by atoms with Crippen LogP contribution in [0.1, 0.15) is 51.7 Å². The molecule has 5 nitrogen and oxygen atoms in total. The number of hydrogen-bond acceptors (Lipinski definition) is 5. The Labute approximate surface area is 108 Å². The molecule has 1 aromatic heterocycles. The van der Waals surface area contributed by atoms with Crippen LogP contribution in [0.2, 0.25) is 0 Å². The number of aromatic nitrogens is 2. The summed E-state index contributed by atoms with van der Waals surface area (Å²) in [5.74, 6) is 0.811. The first kappa shape index (κ1) is 13.0. The van der Waals surface area contributed by atoms with Gasteiger partial charge in [-0.25, -0.2) is 9.98 Å². The van der Waals surface area contributed by atoms with Gasteiger partial charge in [0.2, 0.25) is 0 Å². The maximum Gasteiger partial charge on any atom is 0.156 e. The molecule has 0 aromatic carbocycles. The van der Waals surface area contributed by atoms with E-state index in [1.54, 1.807) is 6.34 Å². The fourth-order valence-corrected chi connectivity index (χ4v) is 1.74. The van der Waals surface area contributed by atoms with Gasteiger partial charge in [0.15, 0.2) is 5.82 Å². The lowest BCUT2D eigenvalue weighted by atomic mass is 9.92. The summed E-state index contributed by atoms with van der Waals surface area (Å²) in [6, 6.07) is 0. The molecule has 5 heteroatoms. The smallest absolute Gasteiger partial charge is 0.156 e. The van der Waals surface area contributed by atoms with E-state index in [4.69, 9.17) is 0 Å². The Morgan fingerprint density at radius 3 is 2.83 bits per heavy atom. The van der Waals surface area contributed by atoms with Crippen molar-refractivity contribution in [1.29, 1.82) is 0 Å². The normalized spacial score (nSPS) is 18.3. The summed E-state index contributed by atoms with van der Waals surface area (Å²) in [6.07, 6.45) is 4.53. The van der Waals surface area contributed by atoms with E-state index in [1.807, 2.05) is 6.20 Å². The fraction of sp³-hybridized carbons (Fsp3) is 0.615. The zero-order chi connectivity index (χ0) is 13.2. The number of aliphatic imine (C=N–C) groups is 1. The molecule has 2 N–H and O–H groups in total. The number of rotatable bonds is 3. The minimum atomic E-state index is -0.0808. The van der Waals surface area contributed by atoms with Gasteiger partial charge in [-0.05, 0) is 13.0 Å². The first-order valence-corrected chi connectivity index (χ1v) is 6.41. The third-order valence-corrected chi connectivity index (χ3v) is 2.84. The zero-order valence-corrected chi connectivity index (χ0v) is 11.5. The summed E-state index contributed by atoms with van der Waals surface area (Å²) in [6.45, 7) is 9.45. The molecule has 0 fully saturated rings. The van der Waals surface area contributed by atoms with Gasteiger partial charge in [0.1, 0.15) is 11.9 Å². The molecular formula is C13H21N5. The molecule has 0 saturated heterocycles. The van der Waals surface area contributed by atoms with E-state index >= 15 is 0 Å². The predicted octanol–water partition coefficient (Wildman–Crippen LogP) is 2.23. The van der Waals surface area contributed by atoms with Gasteiger partial charge in [-0.1, -0.05) is 27.7 Å². The second kappa shape index (κ2) is 5.02. The molecule has 1 aliphatic rings. The molecule has 2 heterocycles. The summed E-state index contributed by atoms with van der Waals surface area (Å²) in [7, 11) is 0. The highest BCUT2D eigenvalue weighted by Crippen LogP contribution is 2.26. The molecule has 1 aliphatic heterocycles. The SMILES string of the molecule is CCCNC1N=CNc2nc(C(C)(C)C)cnc21. The zero-order valence-electron chi connectivity index (χ0n) is 11.5. The molecule has 1 aromatic rings. The van der Waals surface area contributed by atoms with Crippen LogP contribution in [0.15, 0.2) is 11.2 Å². The molecule has 0 aliphatic carbocycles. The molecule has 18 heavy (non-hydrogen) atoms. The van der Waals surface area contributed by atoms with Crippen LogP contribution in [0.5, 0.6) is 0 Å². The summed E-state index contributed by atoms with van der Waals surface area (Å²) in [5.41, 5.74) is 1.86. The minimum Gasteiger partial charge on any atom is -0.330 e. The molecule has 98 valence electrons. The monoisotopic (exact) mass is 247 g/mol. The van der Waals surface area contributed by atoms with E-state index in [9.17, 15) is 0 Å². The second-order valence-corrected chi connectivity index (χ2v) is 5.52. The van der Waals surface area contributed by atoms with E-state index in [-0.39, 0.29) is 11.6 Å². The van der Waals surface area contributed by atoms with E-state index in [1.165, 1.54) is 0 Å². The van der Waals surface area contributed by atoms with Crippen LogP contribution in [0.4, 0.5) is 5.82 Å². The van der Waals surface area contributed by atoms with Gasteiger partial charge in [-0.3, -0.25) is 10.3 Å². The van der Waals surface area contributed by atoms with Gasteiger partial charge in [0.25, 0.3) is 0 Å². The lowest BCUT2D eigenvalue weighted by Crippen LogP contribution is -2.27. The van der Waals surface area contributed by atoms with Crippen molar-refractivity contribution in [3.05, 3.63) is 17.6 Å². The van der Waals surface area contributed by atoms with E-state index < -0.39 is 0 Å². The van der Waals surface area contributed by atoms with Crippen molar-refractivity contribution in [1.82, 2.24) is 15.3 Å². The average Bonchev–Trinajstić information content (AvgIpc) is 2.34. The fourth-order valence-electron chi connectivity index (χ4n) is 1.74. The van der Waals surface area contributed by atoms with Crippen molar-refractivity contribution in [2.75, 3.05) is 11.9 Å². The number of anilines is 1. The molecule has 0 bridgehead atoms. The number of nitrogens with one attached hydrogen (secondary N) is 2. The van der Waals surface area contributed by atoms with Crippen molar-refractivity contribution in [2.24, 2.45) is 4.99 Å². The van der Waals surface area contributed by atoms with Crippen molar-refractivity contribution in [3.63, 3.8) is 0 Å². The van der Waals surface area contributed by atoms with Gasteiger partial charge in [0, 0.05) is 11.6 Å². The Kier molecular flexibility index (Phi) is 3.61. The molecule has 0 saturated carbocycles. The Morgan fingerprint density at radius 2 is 2.17 bits per heavy atom. The van der Waals surface area contributed by atoms with Crippen molar-refractivity contribution >= 4 is 12.2 Å². The van der Waals surface area contributed by atoms with Crippen LogP contribution in [-0.4, -0.2) is 22.9 Å². The Balaban J connectivity index is 2.27. The summed E-state index contributed by atoms with van der Waals surface area (Å²) < 4.78 is 0. The molecule has 1 unspecified atom stereocenters. The van der Waals surface area contributed by atoms with Crippen LogP contribution < -0.4 is 10.6 Å². The van der Waals surface area contributed by atoms with Crippen LogP contribution in [0.25, 0.3) is 0 Å². The predicted molar refractivity (Wildman–Crippen MR) is 73.9 cm³/mol. The highest BCUT2D eigenvalue weighted by molar-refractivity contribution is 5.77. The number of fused-ring (bicyclic) bond motifs is 1. The molecular weight excluding hydrogens is 226 g/mol. The van der Waals surface area contributed by atoms with E-state index in [0.717, 1.165) is 30.2 Å². The standard InChI is InChI=1S/C13H21N5/c1-5-6-14-11-10-12(17-8-16-11)18-9(7-15-10)13(2,3)4/h7-8,11,14H,5-6H2,1-4H3,(H,16,17,18). The second-order valence-electron chi connectivity index (χ2n) is 5.52. The Hall–Kier alpha value is -1.49. The highest BCUT2D eigenvalue weighted by atomic mass is 15.2. The largest absolute Gasteiger partial charge is 0.330 e. The van der Waals surface area contributed by atoms with Crippen molar-refractivity contribution in [2.45, 2.75) is 45.7 Å². The van der Waals surface area contributed by atoms with Gasteiger partial charge in [-0.15, -0.1) is 0 Å². The summed E-state index contributed by atoms with van der Waals surface area (Å²) >= 11 is 0. The lowest BCUT2D eigenvalue weighted by Gasteiger charge is -2.23.